The highest BCUT2D eigenvalue weighted by molar-refractivity contribution is 7.95. The Morgan fingerprint density at radius 3 is 2.14 bits per heavy atom. The van der Waals surface area contributed by atoms with Crippen LogP contribution in [0.15, 0.2) is 106 Å². The van der Waals surface area contributed by atoms with Gasteiger partial charge < -0.3 is 14.7 Å². The summed E-state index contributed by atoms with van der Waals surface area (Å²) in [6.45, 7) is 19.5. The van der Waals surface area contributed by atoms with Gasteiger partial charge in [0, 0.05) is 74.7 Å². The van der Waals surface area contributed by atoms with Crippen molar-refractivity contribution >= 4 is 88.9 Å². The van der Waals surface area contributed by atoms with Gasteiger partial charge in [-0.25, -0.2) is 15.1 Å². The van der Waals surface area contributed by atoms with Gasteiger partial charge in [0.1, 0.15) is 0 Å². The number of carbonyl (C=O) groups is 1. The number of carbonyl (C=O) groups excluding carboxylic acids is 1. The van der Waals surface area contributed by atoms with E-state index in [1.165, 1.54) is 24.8 Å². The molecule has 4 N–H and O–H groups in total. The number of piperazine rings is 1. The molecule has 8 rings (SSSR count). The second-order valence-corrected chi connectivity index (χ2v) is 26.3. The summed E-state index contributed by atoms with van der Waals surface area (Å²) in [5, 5.41) is 27.9. The summed E-state index contributed by atoms with van der Waals surface area (Å²) in [6.07, 6.45) is 11.5. The first-order valence-electron chi connectivity index (χ1n) is 24.9. The van der Waals surface area contributed by atoms with Crippen LogP contribution in [-0.4, -0.2) is 113 Å². The smallest absolute Gasteiger partial charge is 0.294 e. The van der Waals surface area contributed by atoms with Crippen molar-refractivity contribution in [3.8, 4) is 0 Å². The van der Waals surface area contributed by atoms with Crippen molar-refractivity contribution in [1.29, 1.82) is 0 Å². The molecule has 4 unspecified atom stereocenters. The molecule has 0 radical (unpaired) electrons. The topological polar surface area (TPSA) is 216 Å². The highest BCUT2D eigenvalue weighted by Crippen LogP contribution is 2.52. The Hall–Kier alpha value is -4.36. The van der Waals surface area contributed by atoms with Gasteiger partial charge in [0.05, 0.1) is 47.2 Å². The van der Waals surface area contributed by atoms with Crippen LogP contribution in [0.1, 0.15) is 92.2 Å². The molecule has 0 spiro atoms. The van der Waals surface area contributed by atoms with Gasteiger partial charge in [0.2, 0.25) is 5.91 Å². The number of allylic oxidation sites excluding steroid dienone is 5. The van der Waals surface area contributed by atoms with Crippen LogP contribution in [-0.2, 0) is 54.6 Å². The predicted molar refractivity (Wildman–Crippen MR) is 289 cm³/mol. The van der Waals surface area contributed by atoms with Crippen LogP contribution in [0.25, 0.3) is 21.5 Å². The van der Waals surface area contributed by atoms with Crippen molar-refractivity contribution in [1.82, 2.24) is 4.90 Å². The Bertz CT molecular complexity index is 3150. The number of amides is 1. The molecule has 1 saturated heterocycles. The zero-order valence-corrected chi connectivity index (χ0v) is 46.2. The van der Waals surface area contributed by atoms with E-state index in [-0.39, 0.29) is 40.4 Å². The minimum Gasteiger partial charge on any atom is -0.364 e. The maximum Gasteiger partial charge on any atom is 0.294 e. The summed E-state index contributed by atoms with van der Waals surface area (Å²) < 4.78 is 80.9. The van der Waals surface area contributed by atoms with Crippen LogP contribution in [0.4, 0.5) is 11.4 Å². The molecule has 4 atom stereocenters. The van der Waals surface area contributed by atoms with E-state index in [2.05, 4.69) is 76.5 Å². The fourth-order valence-electron chi connectivity index (χ4n) is 11.6. The van der Waals surface area contributed by atoms with E-state index in [1.54, 1.807) is 6.07 Å². The zero-order valence-electron chi connectivity index (χ0n) is 42.9. The Morgan fingerprint density at radius 1 is 0.811 bits per heavy atom. The molecule has 3 heterocycles. The normalized spacial score (nSPS) is 21.8. The Morgan fingerprint density at radius 2 is 1.47 bits per heavy atom. The first-order valence-corrected chi connectivity index (χ1v) is 29.4. The lowest BCUT2D eigenvalue weighted by molar-refractivity contribution is -0.539. The van der Waals surface area contributed by atoms with Crippen molar-refractivity contribution in [2.24, 2.45) is 11.8 Å². The van der Waals surface area contributed by atoms with Gasteiger partial charge in [-0.3, -0.25) is 13.9 Å². The standard InChI is InChI=1S/C53H66N4O13S4/c1-33(2)51(58)55-29-27-54(28-30-55)50-36(13-21-46-52(5,6)49-43-18-16-41(74(64,65)66)32-39(43)12-20-44(49)56(46)25-23-34(3)71-69-67-59)9-10-37(50)14-22-47-53(7,8)48-42-17-15-40(72-70-68-60)31-38(42)11-19-45(48)57(47)26-24-35(4)73(61,62)63/h11-22,31-36,46H,9-10,23-30H2,1-8H3,(H3-,59,60,61,62,63,64,65,66)/p+1/b21-13+. The third kappa shape index (κ3) is 11.4. The van der Waals surface area contributed by atoms with Crippen molar-refractivity contribution in [2.75, 3.05) is 49.1 Å². The van der Waals surface area contributed by atoms with E-state index in [1.807, 2.05) is 68.1 Å². The van der Waals surface area contributed by atoms with Crippen molar-refractivity contribution in [3.63, 3.8) is 0 Å². The van der Waals surface area contributed by atoms with Crippen LogP contribution in [0.2, 0.25) is 0 Å². The molecule has 74 heavy (non-hydrogen) atoms. The first kappa shape index (κ1) is 55.9. The molecule has 1 saturated carbocycles. The molecule has 1 amide bonds. The van der Waals surface area contributed by atoms with E-state index in [9.17, 15) is 30.7 Å². The van der Waals surface area contributed by atoms with Crippen LogP contribution in [0.3, 0.4) is 0 Å². The number of anilines is 2. The van der Waals surface area contributed by atoms with Crippen LogP contribution >= 0.6 is 24.1 Å². The highest BCUT2D eigenvalue weighted by atomic mass is 32.2. The molecule has 400 valence electrons. The second-order valence-electron chi connectivity index (χ2n) is 21.1. The van der Waals surface area contributed by atoms with Crippen molar-refractivity contribution < 1.29 is 64.6 Å². The van der Waals surface area contributed by atoms with Crippen molar-refractivity contribution in [2.45, 2.75) is 118 Å². The SMILES string of the molecule is CC(CCN1c2ccc3cc(S(=O)(=O)O)ccc3c2C(C)(C)C1/C=C/C1CC/C(=C/C=C2\N(CCC(C)S(=O)(=O)O)c3ccc4cc(SOOO)ccc4c3C2(C)C)C1=[N+]1CCN(C(=O)C(C)C)CC1)SOOO. The molecular formula is C53H67N4O13S4+. The summed E-state index contributed by atoms with van der Waals surface area (Å²) in [6, 6.07) is 18.4. The minimum atomic E-state index is -4.43. The van der Waals surface area contributed by atoms with E-state index in [0.29, 0.717) is 51.1 Å². The van der Waals surface area contributed by atoms with Crippen LogP contribution < -0.4 is 9.80 Å². The molecule has 4 aliphatic rings. The Balaban J connectivity index is 1.20. The number of nitrogens with zero attached hydrogens (tertiary/aromatic N) is 4. The van der Waals surface area contributed by atoms with E-state index >= 15 is 0 Å². The fourth-order valence-corrected chi connectivity index (χ4v) is 13.3. The molecule has 4 aromatic rings. The minimum absolute atomic E-state index is 0.00345. The summed E-state index contributed by atoms with van der Waals surface area (Å²) in [5.74, 6) is 0.0192. The number of fused-ring (bicyclic) bond motifs is 6. The van der Waals surface area contributed by atoms with E-state index in [0.717, 1.165) is 91.8 Å². The summed E-state index contributed by atoms with van der Waals surface area (Å²) >= 11 is 1.90. The van der Waals surface area contributed by atoms with Gasteiger partial charge in [-0.1, -0.05) is 101 Å². The lowest BCUT2D eigenvalue weighted by Crippen LogP contribution is -2.48. The molecule has 4 aromatic carbocycles. The molecule has 0 bridgehead atoms. The first-order chi connectivity index (χ1) is 35.0. The monoisotopic (exact) mass is 1100 g/mol. The highest BCUT2D eigenvalue weighted by Gasteiger charge is 2.46. The quantitative estimate of drug-likeness (QED) is 0.0182. The average molecular weight is 1100 g/mol. The van der Waals surface area contributed by atoms with E-state index in [4.69, 9.17) is 19.2 Å². The van der Waals surface area contributed by atoms with Gasteiger partial charge in [-0.2, -0.15) is 16.8 Å². The van der Waals surface area contributed by atoms with E-state index < -0.39 is 36.3 Å². The molecule has 1 aliphatic carbocycles. The van der Waals surface area contributed by atoms with Crippen molar-refractivity contribution in [3.05, 3.63) is 107 Å². The zero-order chi connectivity index (χ0) is 53.5. The predicted octanol–water partition coefficient (Wildman–Crippen LogP) is 10.2. The average Bonchev–Trinajstić information content (AvgIpc) is 3.94. The lowest BCUT2D eigenvalue weighted by atomic mass is 9.78. The summed E-state index contributed by atoms with van der Waals surface area (Å²) in [7, 11) is -8.71. The molecule has 2 fully saturated rings. The maximum atomic E-state index is 13.2. The fraction of sp³-hybridized carbons (Fsp3) is 0.472. The molecule has 0 aromatic heterocycles. The van der Waals surface area contributed by atoms with Gasteiger partial charge in [-0.15, -0.1) is 8.67 Å². The van der Waals surface area contributed by atoms with Crippen LogP contribution in [0, 0.1) is 11.8 Å². The Labute approximate surface area is 442 Å². The van der Waals surface area contributed by atoms with Gasteiger partial charge >= 0.3 is 0 Å². The number of hydrogen-bond acceptors (Lipinski definition) is 15. The third-order valence-corrected chi connectivity index (χ3v) is 18.7. The number of rotatable bonds is 18. The largest absolute Gasteiger partial charge is 0.364 e. The molecular weight excluding hydrogens is 1030 g/mol. The lowest BCUT2D eigenvalue weighted by Gasteiger charge is -2.33. The molecule has 21 heteroatoms. The Kier molecular flexibility index (Phi) is 16.8. The maximum absolute atomic E-state index is 13.2. The molecule has 17 nitrogen and oxygen atoms in total. The number of hydrogen-bond donors (Lipinski definition) is 4. The van der Waals surface area contributed by atoms with Gasteiger partial charge in [0.15, 0.2) is 18.8 Å². The van der Waals surface area contributed by atoms with Gasteiger partial charge in [-0.05, 0) is 108 Å². The van der Waals surface area contributed by atoms with Gasteiger partial charge in [0.25, 0.3) is 20.2 Å². The van der Waals surface area contributed by atoms with Crippen LogP contribution in [0.5, 0.6) is 0 Å². The summed E-state index contributed by atoms with van der Waals surface area (Å²) in [5.41, 5.74) is 6.34. The third-order valence-electron chi connectivity index (χ3n) is 15.4. The number of benzene rings is 4. The summed E-state index contributed by atoms with van der Waals surface area (Å²) in [4.78, 5) is 20.3. The molecule has 3 aliphatic heterocycles. The second kappa shape index (κ2) is 22.3.